The third-order valence-electron chi connectivity index (χ3n) is 9.37. The molecule has 9 rings (SSSR count). The lowest BCUT2D eigenvalue weighted by Gasteiger charge is -2.20. The maximum Gasteiger partial charge on any atom is 0.161 e. The summed E-state index contributed by atoms with van der Waals surface area (Å²) in [7, 11) is 2.12. The van der Waals surface area contributed by atoms with Crippen molar-refractivity contribution in [2.24, 2.45) is 7.05 Å². The maximum atomic E-state index is 6.33. The first kappa shape index (κ1) is 26.7. The number of rotatable bonds is 3. The molecular weight excluding hydrogens is 564 g/mol. The van der Waals surface area contributed by atoms with Crippen molar-refractivity contribution in [3.63, 3.8) is 0 Å². The molecule has 46 heavy (non-hydrogen) atoms. The summed E-state index contributed by atoms with van der Waals surface area (Å²) in [4.78, 5) is 13.9. The molecule has 4 heterocycles. The molecule has 222 valence electrons. The van der Waals surface area contributed by atoms with Crippen LogP contribution in [0.2, 0.25) is 0 Å². The van der Waals surface area contributed by atoms with Crippen LogP contribution in [0.1, 0.15) is 26.3 Å². The van der Waals surface area contributed by atoms with E-state index in [0.29, 0.717) is 0 Å². The molecule has 0 aliphatic heterocycles. The number of aromatic amines is 1. The van der Waals surface area contributed by atoms with Crippen LogP contribution in [-0.4, -0.2) is 19.5 Å². The molecule has 0 fully saturated rings. The van der Waals surface area contributed by atoms with Gasteiger partial charge in [-0.15, -0.1) is 0 Å². The van der Waals surface area contributed by atoms with E-state index in [0.717, 1.165) is 77.8 Å². The lowest BCUT2D eigenvalue weighted by atomic mass is 9.85. The van der Waals surface area contributed by atoms with Gasteiger partial charge in [0.1, 0.15) is 17.1 Å². The van der Waals surface area contributed by atoms with E-state index in [-0.39, 0.29) is 5.41 Å². The van der Waals surface area contributed by atoms with Crippen molar-refractivity contribution in [1.29, 1.82) is 0 Å². The van der Waals surface area contributed by atoms with Crippen LogP contribution in [0, 0.1) is 0 Å². The summed E-state index contributed by atoms with van der Waals surface area (Å²) in [5.74, 6) is 0.940. The number of H-pyrrole nitrogens is 1. The van der Waals surface area contributed by atoms with Gasteiger partial charge in [0.25, 0.3) is 0 Å². The average Bonchev–Trinajstić information content (AvgIpc) is 3.75. The molecule has 1 N–H and O–H groups in total. The number of aromatic nitrogens is 4. The summed E-state index contributed by atoms with van der Waals surface area (Å²) in [6, 6.07) is 38.4. The smallest absolute Gasteiger partial charge is 0.161 e. The average molecular weight is 597 g/mol. The van der Waals surface area contributed by atoms with Gasteiger partial charge in [0.05, 0.1) is 16.6 Å². The number of benzene rings is 5. The van der Waals surface area contributed by atoms with Gasteiger partial charge in [0, 0.05) is 57.0 Å². The van der Waals surface area contributed by atoms with Crippen LogP contribution in [0.4, 0.5) is 0 Å². The molecule has 0 aliphatic carbocycles. The van der Waals surface area contributed by atoms with Gasteiger partial charge in [-0.3, -0.25) is 4.98 Å². The minimum atomic E-state index is -0.0196. The van der Waals surface area contributed by atoms with Crippen molar-refractivity contribution >= 4 is 54.8 Å². The summed E-state index contributed by atoms with van der Waals surface area (Å²) in [5.41, 5.74) is 12.4. The third kappa shape index (κ3) is 3.94. The molecule has 0 radical (unpaired) electrons. The van der Waals surface area contributed by atoms with Crippen molar-refractivity contribution in [3.8, 4) is 33.8 Å². The van der Waals surface area contributed by atoms with Crippen LogP contribution >= 0.6 is 0 Å². The molecule has 0 unspecified atom stereocenters. The molecule has 9 aromatic rings. The fourth-order valence-electron chi connectivity index (χ4n) is 6.94. The summed E-state index contributed by atoms with van der Waals surface area (Å²) in [6.07, 6.45) is 1.87. The van der Waals surface area contributed by atoms with E-state index in [4.69, 9.17) is 14.4 Å². The van der Waals surface area contributed by atoms with E-state index in [1.165, 1.54) is 16.3 Å². The Bertz CT molecular complexity index is 2640. The Balaban J connectivity index is 1.24. The van der Waals surface area contributed by atoms with Crippen molar-refractivity contribution in [2.75, 3.05) is 0 Å². The van der Waals surface area contributed by atoms with E-state index in [9.17, 15) is 0 Å². The van der Waals surface area contributed by atoms with Gasteiger partial charge in [-0.05, 0) is 59.0 Å². The lowest BCUT2D eigenvalue weighted by molar-refractivity contribution is 0.591. The number of nitrogens with zero attached hydrogens (tertiary/aromatic N) is 3. The zero-order valence-electron chi connectivity index (χ0n) is 26.2. The standard InChI is InChI=1S/C41H32N4O/c1-41(2,3)26-22-31-28-13-5-7-16-33(28)43-37(31)32(23-26)40-44-38-27(15-10-17-34(38)45(40)4)24-11-9-12-25(21-24)36-39-30(19-20-42-36)29-14-6-8-18-35(29)46-39/h5-23,43H,1-4H3. The molecule has 4 aromatic heterocycles. The van der Waals surface area contributed by atoms with Crippen LogP contribution in [-0.2, 0) is 12.5 Å². The normalized spacial score (nSPS) is 12.3. The van der Waals surface area contributed by atoms with Gasteiger partial charge in [0.2, 0.25) is 0 Å². The Morgan fingerprint density at radius 2 is 1.48 bits per heavy atom. The van der Waals surface area contributed by atoms with Gasteiger partial charge in [-0.25, -0.2) is 4.98 Å². The second kappa shape index (κ2) is 9.66. The highest BCUT2D eigenvalue weighted by Gasteiger charge is 2.23. The molecule has 0 saturated heterocycles. The fraction of sp³-hybridized carbons (Fsp3) is 0.122. The molecule has 5 aromatic carbocycles. The SMILES string of the molecule is Cn1c(-c2cc(C(C)(C)C)cc3c2[nH]c2ccccc23)nc2c(-c3cccc(-c4nccc5c4oc4ccccc45)c3)cccc21. The number of hydrogen-bond acceptors (Lipinski definition) is 3. The molecule has 0 bridgehead atoms. The van der Waals surface area contributed by atoms with E-state index in [1.807, 2.05) is 30.5 Å². The van der Waals surface area contributed by atoms with Crippen LogP contribution in [0.5, 0.6) is 0 Å². The molecular formula is C41H32N4O. The zero-order chi connectivity index (χ0) is 31.2. The number of para-hydroxylation sites is 3. The molecule has 0 aliphatic rings. The molecule has 5 heteroatoms. The largest absolute Gasteiger partial charge is 0.454 e. The number of fused-ring (bicyclic) bond motifs is 7. The van der Waals surface area contributed by atoms with Crippen molar-refractivity contribution in [2.45, 2.75) is 26.2 Å². The van der Waals surface area contributed by atoms with Gasteiger partial charge >= 0.3 is 0 Å². The summed E-state index contributed by atoms with van der Waals surface area (Å²) in [6.45, 7) is 6.81. The number of hydrogen-bond donors (Lipinski definition) is 1. The van der Waals surface area contributed by atoms with Gasteiger partial charge in [-0.2, -0.15) is 0 Å². The first-order valence-corrected chi connectivity index (χ1v) is 15.7. The Kier molecular flexibility index (Phi) is 5.61. The Labute approximate surface area is 266 Å². The van der Waals surface area contributed by atoms with Crippen molar-refractivity contribution in [1.82, 2.24) is 19.5 Å². The number of imidazole rings is 1. The summed E-state index contributed by atoms with van der Waals surface area (Å²) in [5, 5.41) is 4.63. The second-order valence-electron chi connectivity index (χ2n) is 13.2. The van der Waals surface area contributed by atoms with E-state index >= 15 is 0 Å². The summed E-state index contributed by atoms with van der Waals surface area (Å²) >= 11 is 0. The van der Waals surface area contributed by atoms with E-state index in [1.54, 1.807) is 0 Å². The third-order valence-corrected chi connectivity index (χ3v) is 9.37. The van der Waals surface area contributed by atoms with Crippen LogP contribution in [0.3, 0.4) is 0 Å². The van der Waals surface area contributed by atoms with Crippen LogP contribution < -0.4 is 0 Å². The Hall–Kier alpha value is -5.68. The fourth-order valence-corrected chi connectivity index (χ4v) is 6.94. The van der Waals surface area contributed by atoms with Crippen molar-refractivity contribution in [3.05, 3.63) is 121 Å². The minimum Gasteiger partial charge on any atom is -0.454 e. The summed E-state index contributed by atoms with van der Waals surface area (Å²) < 4.78 is 8.56. The predicted molar refractivity (Wildman–Crippen MR) is 190 cm³/mol. The maximum absolute atomic E-state index is 6.33. The van der Waals surface area contributed by atoms with Gasteiger partial charge in [-0.1, -0.05) is 87.5 Å². The zero-order valence-corrected chi connectivity index (χ0v) is 26.2. The molecule has 0 spiro atoms. The monoisotopic (exact) mass is 596 g/mol. The quantitative estimate of drug-likeness (QED) is 0.221. The van der Waals surface area contributed by atoms with Crippen LogP contribution in [0.25, 0.3) is 88.5 Å². The lowest BCUT2D eigenvalue weighted by Crippen LogP contribution is -2.11. The van der Waals surface area contributed by atoms with Gasteiger partial charge in [0.15, 0.2) is 5.58 Å². The number of furan rings is 1. The van der Waals surface area contributed by atoms with Gasteiger partial charge < -0.3 is 14.0 Å². The van der Waals surface area contributed by atoms with E-state index in [2.05, 4.69) is 122 Å². The highest BCUT2D eigenvalue weighted by Crippen LogP contribution is 2.40. The highest BCUT2D eigenvalue weighted by molar-refractivity contribution is 6.12. The first-order valence-electron chi connectivity index (χ1n) is 15.7. The number of pyridine rings is 1. The highest BCUT2D eigenvalue weighted by atomic mass is 16.3. The molecule has 0 atom stereocenters. The second-order valence-corrected chi connectivity index (χ2v) is 13.2. The molecule has 5 nitrogen and oxygen atoms in total. The number of nitrogens with one attached hydrogen (secondary N) is 1. The van der Waals surface area contributed by atoms with Crippen LogP contribution in [0.15, 0.2) is 120 Å². The minimum absolute atomic E-state index is 0.0196. The molecule has 0 amide bonds. The van der Waals surface area contributed by atoms with Crippen molar-refractivity contribution < 1.29 is 4.42 Å². The number of aryl methyl sites for hydroxylation is 1. The first-order chi connectivity index (χ1) is 22.3. The van der Waals surface area contributed by atoms with E-state index < -0.39 is 0 Å². The predicted octanol–water partition coefficient (Wildman–Crippen LogP) is 10.8. The molecule has 0 saturated carbocycles. The topological polar surface area (TPSA) is 59.6 Å². The Morgan fingerprint density at radius 3 is 2.35 bits per heavy atom. The Morgan fingerprint density at radius 1 is 0.696 bits per heavy atom.